The molecule has 0 aliphatic heterocycles. The Bertz CT molecular complexity index is 423. The van der Waals surface area contributed by atoms with E-state index in [0.29, 0.717) is 19.1 Å². The number of hydrogen-bond donors (Lipinski definition) is 0. The molecule has 1 atom stereocenters. The molecule has 0 bridgehead atoms. The second-order valence-electron chi connectivity index (χ2n) is 7.38. The van der Waals surface area contributed by atoms with Gasteiger partial charge in [0.05, 0.1) is 0 Å². The second kappa shape index (κ2) is 14.2. The lowest BCUT2D eigenvalue weighted by Gasteiger charge is -2.40. The number of rotatable bonds is 16. The fourth-order valence-electron chi connectivity index (χ4n) is 4.00. The molecule has 1 aromatic rings. The molecule has 1 aromatic carbocycles. The van der Waals surface area contributed by atoms with E-state index in [4.69, 9.17) is 9.47 Å². The van der Waals surface area contributed by atoms with Gasteiger partial charge in [-0.3, -0.25) is 0 Å². The van der Waals surface area contributed by atoms with Crippen molar-refractivity contribution in [2.24, 2.45) is 5.92 Å². The van der Waals surface area contributed by atoms with Crippen LogP contribution in [-0.2, 0) is 15.9 Å². The molecular weight excluding hydrogens is 320 g/mol. The van der Waals surface area contributed by atoms with Gasteiger partial charge in [-0.25, -0.2) is 0 Å². The van der Waals surface area contributed by atoms with Crippen LogP contribution in [0.25, 0.3) is 0 Å². The highest BCUT2D eigenvalue weighted by Gasteiger charge is 2.39. The average Bonchev–Trinajstić information content (AvgIpc) is 2.65. The molecule has 1 rings (SSSR count). The maximum absolute atomic E-state index is 6.36. The van der Waals surface area contributed by atoms with Gasteiger partial charge in [0.25, 0.3) is 0 Å². The lowest BCUT2D eigenvalue weighted by molar-refractivity contribution is -0.265. The van der Waals surface area contributed by atoms with Crippen molar-refractivity contribution in [3.8, 4) is 0 Å². The van der Waals surface area contributed by atoms with Gasteiger partial charge in [-0.15, -0.1) is 0 Å². The summed E-state index contributed by atoms with van der Waals surface area (Å²) in [6, 6.07) is 10.7. The Labute approximate surface area is 162 Å². The van der Waals surface area contributed by atoms with E-state index < -0.39 is 5.79 Å². The van der Waals surface area contributed by atoms with Crippen molar-refractivity contribution in [3.63, 3.8) is 0 Å². The normalized spacial score (nSPS) is 13.1. The molecule has 0 saturated carbocycles. The van der Waals surface area contributed by atoms with E-state index in [9.17, 15) is 0 Å². The van der Waals surface area contributed by atoms with Crippen LogP contribution in [0.1, 0.15) is 91.0 Å². The summed E-state index contributed by atoms with van der Waals surface area (Å²) in [7, 11) is 0. The molecule has 2 nitrogen and oxygen atoms in total. The first-order chi connectivity index (χ1) is 12.7. The van der Waals surface area contributed by atoms with Gasteiger partial charge >= 0.3 is 0 Å². The number of unbranched alkanes of at least 4 members (excludes halogenated alkanes) is 5. The Morgan fingerprint density at radius 2 is 1.35 bits per heavy atom. The Balaban J connectivity index is 2.82. The van der Waals surface area contributed by atoms with Gasteiger partial charge in [-0.2, -0.15) is 0 Å². The number of benzene rings is 1. The van der Waals surface area contributed by atoms with Crippen LogP contribution in [0.2, 0.25) is 0 Å². The van der Waals surface area contributed by atoms with Crippen LogP contribution in [0.5, 0.6) is 0 Å². The summed E-state index contributed by atoms with van der Waals surface area (Å²) in [4.78, 5) is 0. The van der Waals surface area contributed by atoms with E-state index in [1.54, 1.807) is 0 Å². The SMILES string of the molecule is CCCCCCCCC(CCC)C(Cc1ccccc1)(OCC)OCC. The van der Waals surface area contributed by atoms with Gasteiger partial charge in [0.15, 0.2) is 5.79 Å². The van der Waals surface area contributed by atoms with Crippen molar-refractivity contribution < 1.29 is 9.47 Å². The van der Waals surface area contributed by atoms with Gasteiger partial charge < -0.3 is 9.47 Å². The van der Waals surface area contributed by atoms with Crippen molar-refractivity contribution in [2.75, 3.05) is 13.2 Å². The first-order valence-corrected chi connectivity index (χ1v) is 11.0. The standard InChI is InChI=1S/C24H42O2/c1-5-9-10-11-12-16-20-23(17-6-2)24(25-7-3,26-8-4)21-22-18-14-13-15-19-22/h13-15,18-19,23H,5-12,16-17,20-21H2,1-4H3. The van der Waals surface area contributed by atoms with E-state index in [1.165, 1.54) is 63.4 Å². The van der Waals surface area contributed by atoms with Crippen LogP contribution in [-0.4, -0.2) is 19.0 Å². The summed E-state index contributed by atoms with van der Waals surface area (Å²) in [6.45, 7) is 10.1. The number of hydrogen-bond acceptors (Lipinski definition) is 2. The number of ether oxygens (including phenoxy) is 2. The lowest BCUT2D eigenvalue weighted by Crippen LogP contribution is -2.46. The van der Waals surface area contributed by atoms with Crippen molar-refractivity contribution in [1.29, 1.82) is 0 Å². The Kier molecular flexibility index (Phi) is 12.7. The van der Waals surface area contributed by atoms with Gasteiger partial charge in [0.2, 0.25) is 0 Å². The molecule has 26 heavy (non-hydrogen) atoms. The van der Waals surface area contributed by atoms with Crippen molar-refractivity contribution >= 4 is 0 Å². The maximum Gasteiger partial charge on any atom is 0.174 e. The van der Waals surface area contributed by atoms with Crippen LogP contribution in [0, 0.1) is 5.92 Å². The van der Waals surface area contributed by atoms with Crippen LogP contribution in [0.15, 0.2) is 30.3 Å². The third kappa shape index (κ3) is 8.22. The topological polar surface area (TPSA) is 18.5 Å². The summed E-state index contributed by atoms with van der Waals surface area (Å²) in [6.07, 6.45) is 12.4. The quantitative estimate of drug-likeness (QED) is 0.229. The van der Waals surface area contributed by atoms with Gasteiger partial charge in [-0.1, -0.05) is 89.1 Å². The maximum atomic E-state index is 6.36. The highest BCUT2D eigenvalue weighted by Crippen LogP contribution is 2.35. The molecule has 1 unspecified atom stereocenters. The van der Waals surface area contributed by atoms with Gasteiger partial charge in [-0.05, 0) is 32.3 Å². The van der Waals surface area contributed by atoms with E-state index in [1.807, 2.05) is 0 Å². The summed E-state index contributed by atoms with van der Waals surface area (Å²) in [5, 5.41) is 0. The Morgan fingerprint density at radius 3 is 1.92 bits per heavy atom. The second-order valence-corrected chi connectivity index (χ2v) is 7.38. The van der Waals surface area contributed by atoms with E-state index in [2.05, 4.69) is 58.0 Å². The third-order valence-corrected chi connectivity index (χ3v) is 5.24. The first-order valence-electron chi connectivity index (χ1n) is 11.0. The summed E-state index contributed by atoms with van der Waals surface area (Å²) < 4.78 is 12.7. The zero-order valence-corrected chi connectivity index (χ0v) is 17.8. The predicted molar refractivity (Wildman–Crippen MR) is 113 cm³/mol. The zero-order valence-electron chi connectivity index (χ0n) is 17.8. The van der Waals surface area contributed by atoms with Crippen molar-refractivity contribution in [1.82, 2.24) is 0 Å². The van der Waals surface area contributed by atoms with Gasteiger partial charge in [0.1, 0.15) is 0 Å². The van der Waals surface area contributed by atoms with Gasteiger partial charge in [0, 0.05) is 25.6 Å². The van der Waals surface area contributed by atoms with E-state index in [-0.39, 0.29) is 0 Å². The van der Waals surface area contributed by atoms with E-state index >= 15 is 0 Å². The molecular formula is C24H42O2. The smallest absolute Gasteiger partial charge is 0.174 e. The molecule has 0 aromatic heterocycles. The minimum Gasteiger partial charge on any atom is -0.350 e. The molecule has 0 aliphatic carbocycles. The Hall–Kier alpha value is -0.860. The van der Waals surface area contributed by atoms with E-state index in [0.717, 1.165) is 6.42 Å². The van der Waals surface area contributed by atoms with Crippen LogP contribution < -0.4 is 0 Å². The molecule has 0 radical (unpaired) electrons. The average molecular weight is 363 g/mol. The van der Waals surface area contributed by atoms with Crippen LogP contribution >= 0.6 is 0 Å². The molecule has 0 saturated heterocycles. The predicted octanol–water partition coefficient (Wildman–Crippen LogP) is 7.17. The third-order valence-electron chi connectivity index (χ3n) is 5.24. The zero-order chi connectivity index (χ0) is 19.1. The summed E-state index contributed by atoms with van der Waals surface area (Å²) in [5.41, 5.74) is 1.30. The Morgan fingerprint density at radius 1 is 0.731 bits per heavy atom. The van der Waals surface area contributed by atoms with Crippen molar-refractivity contribution in [3.05, 3.63) is 35.9 Å². The molecule has 0 fully saturated rings. The minimum atomic E-state index is -0.482. The molecule has 0 spiro atoms. The molecule has 0 aliphatic rings. The monoisotopic (exact) mass is 362 g/mol. The fraction of sp³-hybridized carbons (Fsp3) is 0.750. The van der Waals surface area contributed by atoms with Crippen LogP contribution in [0.3, 0.4) is 0 Å². The highest BCUT2D eigenvalue weighted by atomic mass is 16.7. The minimum absolute atomic E-state index is 0.457. The molecule has 0 N–H and O–H groups in total. The molecule has 0 heterocycles. The first kappa shape index (κ1) is 23.2. The molecule has 150 valence electrons. The van der Waals surface area contributed by atoms with Crippen molar-refractivity contribution in [2.45, 2.75) is 97.7 Å². The summed E-state index contributed by atoms with van der Waals surface area (Å²) >= 11 is 0. The highest BCUT2D eigenvalue weighted by molar-refractivity contribution is 5.16. The lowest BCUT2D eigenvalue weighted by atomic mass is 9.84. The molecule has 2 heteroatoms. The van der Waals surface area contributed by atoms with Crippen LogP contribution in [0.4, 0.5) is 0 Å². The fourth-order valence-corrected chi connectivity index (χ4v) is 4.00. The summed E-state index contributed by atoms with van der Waals surface area (Å²) in [5.74, 6) is -0.0247. The molecule has 0 amide bonds. The largest absolute Gasteiger partial charge is 0.350 e.